The number of likely N-dealkylation sites (tertiary alicyclic amines) is 2. The fourth-order valence-electron chi connectivity index (χ4n) is 3.10. The topological polar surface area (TPSA) is 32.5 Å². The van der Waals surface area contributed by atoms with Gasteiger partial charge in [-0.1, -0.05) is 6.92 Å². The van der Waals surface area contributed by atoms with E-state index in [4.69, 9.17) is 5.73 Å². The number of hydrogen-bond donors (Lipinski definition) is 1. The van der Waals surface area contributed by atoms with Gasteiger partial charge in [0, 0.05) is 31.2 Å². The largest absolute Gasteiger partial charge is 0.326 e. The standard InChI is InChI=1S/C13H27N3/c1-10(2)15-6-4-12(5-7-15)16-8-11(3)13(14)9-16/h10-13H,4-9,14H2,1-3H3. The van der Waals surface area contributed by atoms with E-state index in [2.05, 4.69) is 30.6 Å². The molecule has 16 heavy (non-hydrogen) atoms. The minimum absolute atomic E-state index is 0.406. The molecule has 0 radical (unpaired) electrons. The molecule has 0 aliphatic carbocycles. The molecule has 0 saturated carbocycles. The van der Waals surface area contributed by atoms with Crippen LogP contribution in [0.3, 0.4) is 0 Å². The number of rotatable bonds is 2. The van der Waals surface area contributed by atoms with Gasteiger partial charge in [0.25, 0.3) is 0 Å². The molecule has 2 aliphatic heterocycles. The maximum Gasteiger partial charge on any atom is 0.0206 e. The van der Waals surface area contributed by atoms with Crippen molar-refractivity contribution in [1.29, 1.82) is 0 Å². The first kappa shape index (κ1) is 12.3. The normalized spacial score (nSPS) is 35.1. The molecule has 0 amide bonds. The highest BCUT2D eigenvalue weighted by Crippen LogP contribution is 2.24. The Morgan fingerprint density at radius 1 is 1.12 bits per heavy atom. The van der Waals surface area contributed by atoms with Crippen molar-refractivity contribution in [3.05, 3.63) is 0 Å². The van der Waals surface area contributed by atoms with Gasteiger partial charge in [0.2, 0.25) is 0 Å². The molecule has 2 heterocycles. The highest BCUT2D eigenvalue weighted by Gasteiger charge is 2.33. The Morgan fingerprint density at radius 3 is 2.19 bits per heavy atom. The van der Waals surface area contributed by atoms with E-state index in [1.165, 1.54) is 32.5 Å². The second kappa shape index (κ2) is 5.03. The summed E-state index contributed by atoms with van der Waals surface area (Å²) in [5.74, 6) is 0.683. The van der Waals surface area contributed by atoms with E-state index < -0.39 is 0 Å². The Labute approximate surface area is 100.0 Å². The van der Waals surface area contributed by atoms with Crippen LogP contribution in [-0.2, 0) is 0 Å². The minimum atomic E-state index is 0.406. The van der Waals surface area contributed by atoms with Crippen molar-refractivity contribution < 1.29 is 0 Å². The van der Waals surface area contributed by atoms with Crippen LogP contribution in [-0.4, -0.2) is 54.1 Å². The lowest BCUT2D eigenvalue weighted by molar-refractivity contribution is 0.105. The summed E-state index contributed by atoms with van der Waals surface area (Å²) in [7, 11) is 0. The summed E-state index contributed by atoms with van der Waals surface area (Å²) >= 11 is 0. The van der Waals surface area contributed by atoms with Crippen molar-refractivity contribution in [3.8, 4) is 0 Å². The molecule has 3 heteroatoms. The van der Waals surface area contributed by atoms with Crippen LogP contribution in [0.15, 0.2) is 0 Å². The average Bonchev–Trinajstić information content (AvgIpc) is 2.59. The summed E-state index contributed by atoms with van der Waals surface area (Å²) in [6.45, 7) is 11.8. The van der Waals surface area contributed by atoms with Crippen molar-refractivity contribution in [2.45, 2.75) is 51.7 Å². The molecule has 0 bridgehead atoms. The molecule has 2 atom stereocenters. The third kappa shape index (κ3) is 2.58. The Bertz CT molecular complexity index is 211. The highest BCUT2D eigenvalue weighted by atomic mass is 15.2. The smallest absolute Gasteiger partial charge is 0.0206 e. The maximum absolute atomic E-state index is 6.10. The van der Waals surface area contributed by atoms with E-state index in [1.54, 1.807) is 0 Å². The number of nitrogens with two attached hydrogens (primary N) is 1. The molecule has 2 aliphatic rings. The first-order valence-corrected chi connectivity index (χ1v) is 6.81. The average molecular weight is 225 g/mol. The van der Waals surface area contributed by atoms with Gasteiger partial charge in [0.1, 0.15) is 0 Å². The monoisotopic (exact) mass is 225 g/mol. The van der Waals surface area contributed by atoms with Crippen LogP contribution >= 0.6 is 0 Å². The first-order chi connectivity index (χ1) is 7.58. The summed E-state index contributed by atoms with van der Waals surface area (Å²) in [5, 5.41) is 0. The van der Waals surface area contributed by atoms with Crippen LogP contribution in [0.25, 0.3) is 0 Å². The van der Waals surface area contributed by atoms with Crippen LogP contribution in [0.2, 0.25) is 0 Å². The quantitative estimate of drug-likeness (QED) is 0.765. The predicted octanol–water partition coefficient (Wildman–Crippen LogP) is 1.14. The second-order valence-corrected chi connectivity index (χ2v) is 5.96. The summed E-state index contributed by atoms with van der Waals surface area (Å²) in [5.41, 5.74) is 6.10. The van der Waals surface area contributed by atoms with Gasteiger partial charge in [0.05, 0.1) is 0 Å². The van der Waals surface area contributed by atoms with E-state index in [1.807, 2.05) is 0 Å². The van der Waals surface area contributed by atoms with Gasteiger partial charge in [-0.15, -0.1) is 0 Å². The van der Waals surface area contributed by atoms with Gasteiger partial charge in [-0.2, -0.15) is 0 Å². The van der Waals surface area contributed by atoms with Gasteiger partial charge in [-0.25, -0.2) is 0 Å². The molecular weight excluding hydrogens is 198 g/mol. The zero-order valence-electron chi connectivity index (χ0n) is 11.0. The van der Waals surface area contributed by atoms with Crippen LogP contribution in [0.5, 0.6) is 0 Å². The molecule has 2 N–H and O–H groups in total. The van der Waals surface area contributed by atoms with Crippen LogP contribution in [0.1, 0.15) is 33.6 Å². The molecule has 0 spiro atoms. The van der Waals surface area contributed by atoms with E-state index in [0.29, 0.717) is 18.0 Å². The van der Waals surface area contributed by atoms with E-state index in [0.717, 1.165) is 12.6 Å². The Kier molecular flexibility index (Phi) is 3.88. The minimum Gasteiger partial charge on any atom is -0.326 e. The van der Waals surface area contributed by atoms with Crippen molar-refractivity contribution in [3.63, 3.8) is 0 Å². The van der Waals surface area contributed by atoms with Crippen molar-refractivity contribution in [2.24, 2.45) is 11.7 Å². The highest BCUT2D eigenvalue weighted by molar-refractivity contribution is 4.90. The van der Waals surface area contributed by atoms with Gasteiger partial charge in [-0.05, 0) is 45.7 Å². The summed E-state index contributed by atoms with van der Waals surface area (Å²) < 4.78 is 0. The first-order valence-electron chi connectivity index (χ1n) is 6.81. The summed E-state index contributed by atoms with van der Waals surface area (Å²) in [6, 6.07) is 1.91. The van der Waals surface area contributed by atoms with E-state index in [-0.39, 0.29) is 0 Å². The fraction of sp³-hybridized carbons (Fsp3) is 1.00. The van der Waals surface area contributed by atoms with E-state index in [9.17, 15) is 0 Å². The lowest BCUT2D eigenvalue weighted by atomic mass is 10.0. The summed E-state index contributed by atoms with van der Waals surface area (Å²) in [4.78, 5) is 5.23. The van der Waals surface area contributed by atoms with E-state index >= 15 is 0 Å². The Hall–Kier alpha value is -0.120. The third-order valence-electron chi connectivity index (χ3n) is 4.44. The third-order valence-corrected chi connectivity index (χ3v) is 4.44. The Morgan fingerprint density at radius 2 is 1.75 bits per heavy atom. The van der Waals surface area contributed by atoms with Crippen LogP contribution in [0.4, 0.5) is 0 Å². The molecular formula is C13H27N3. The lowest BCUT2D eigenvalue weighted by Crippen LogP contribution is -2.46. The number of hydrogen-bond acceptors (Lipinski definition) is 3. The predicted molar refractivity (Wildman–Crippen MR) is 68.4 cm³/mol. The van der Waals surface area contributed by atoms with Crippen molar-refractivity contribution >= 4 is 0 Å². The molecule has 3 nitrogen and oxygen atoms in total. The maximum atomic E-state index is 6.10. The molecule has 0 aromatic heterocycles. The van der Waals surface area contributed by atoms with Crippen LogP contribution in [0, 0.1) is 5.92 Å². The molecule has 2 unspecified atom stereocenters. The molecule has 2 fully saturated rings. The SMILES string of the molecule is CC1CN(C2CCN(C(C)C)CC2)CC1N. The van der Waals surface area contributed by atoms with Crippen LogP contribution < -0.4 is 5.73 Å². The number of piperidine rings is 1. The van der Waals surface area contributed by atoms with Gasteiger partial charge >= 0.3 is 0 Å². The zero-order chi connectivity index (χ0) is 11.7. The molecule has 2 saturated heterocycles. The van der Waals surface area contributed by atoms with Crippen molar-refractivity contribution in [2.75, 3.05) is 26.2 Å². The summed E-state index contributed by atoms with van der Waals surface area (Å²) in [6.07, 6.45) is 2.66. The lowest BCUT2D eigenvalue weighted by Gasteiger charge is -2.38. The van der Waals surface area contributed by atoms with Gasteiger partial charge in [-0.3, -0.25) is 4.90 Å². The Balaban J connectivity index is 1.81. The molecule has 2 rings (SSSR count). The fourth-order valence-corrected chi connectivity index (χ4v) is 3.10. The van der Waals surface area contributed by atoms with Gasteiger partial charge in [0.15, 0.2) is 0 Å². The van der Waals surface area contributed by atoms with Gasteiger partial charge < -0.3 is 10.6 Å². The molecule has 0 aromatic rings. The second-order valence-electron chi connectivity index (χ2n) is 5.96. The zero-order valence-corrected chi connectivity index (χ0v) is 11.0. The molecule has 94 valence electrons. The van der Waals surface area contributed by atoms with Crippen molar-refractivity contribution in [1.82, 2.24) is 9.80 Å². The number of nitrogens with zero attached hydrogens (tertiary/aromatic N) is 2. The molecule has 0 aromatic carbocycles.